The van der Waals surface area contributed by atoms with E-state index in [2.05, 4.69) is 67.8 Å². The number of anilines is 1. The molecule has 140 valence electrons. The minimum atomic E-state index is 0.408. The second kappa shape index (κ2) is 9.62. The van der Waals surface area contributed by atoms with Crippen LogP contribution >= 0.6 is 15.9 Å². The molecule has 7 heteroatoms. The summed E-state index contributed by atoms with van der Waals surface area (Å²) in [6.45, 7) is 6.69. The third-order valence-electron chi connectivity index (χ3n) is 4.44. The number of hydrogen-bond acceptors (Lipinski definition) is 3. The van der Waals surface area contributed by atoms with Crippen LogP contribution in [0.2, 0.25) is 0 Å². The van der Waals surface area contributed by atoms with E-state index in [-0.39, 0.29) is 0 Å². The number of nitrogens with one attached hydrogen (secondary N) is 2. The topological polar surface area (TPSA) is 57.5 Å². The van der Waals surface area contributed by atoms with Crippen molar-refractivity contribution in [1.82, 2.24) is 20.4 Å². The maximum atomic E-state index is 4.72. The molecule has 3 rings (SSSR count). The van der Waals surface area contributed by atoms with E-state index < -0.39 is 0 Å². The van der Waals surface area contributed by atoms with E-state index in [1.54, 1.807) is 0 Å². The van der Waals surface area contributed by atoms with Gasteiger partial charge in [0.05, 0.1) is 5.69 Å². The Hall–Kier alpha value is -2.02. The van der Waals surface area contributed by atoms with Gasteiger partial charge >= 0.3 is 0 Å². The quantitative estimate of drug-likeness (QED) is 0.412. The summed E-state index contributed by atoms with van der Waals surface area (Å²) < 4.78 is 3.10. The van der Waals surface area contributed by atoms with Crippen molar-refractivity contribution in [2.75, 3.05) is 31.1 Å². The molecule has 2 aromatic rings. The van der Waals surface area contributed by atoms with E-state index in [1.807, 2.05) is 23.1 Å². The average Bonchev–Trinajstić information content (AvgIpc) is 3.31. The standard InChI is InChI=1S/C19H27BrN6/c1-2-21-19(22-10-5-12-26-13-6-11-23-26)24-16-9-14-25(15-16)18-8-4-3-7-17(18)20/h3-4,6-8,11,13,16H,2,5,9-10,12,14-15H2,1H3,(H2,21,22,24). The zero-order valence-electron chi connectivity index (χ0n) is 15.2. The first-order valence-electron chi connectivity index (χ1n) is 9.28. The molecule has 0 amide bonds. The second-order valence-electron chi connectivity index (χ2n) is 6.41. The van der Waals surface area contributed by atoms with E-state index >= 15 is 0 Å². The van der Waals surface area contributed by atoms with Crippen molar-refractivity contribution in [2.24, 2.45) is 4.99 Å². The van der Waals surface area contributed by atoms with E-state index in [9.17, 15) is 0 Å². The molecular weight excluding hydrogens is 392 g/mol. The van der Waals surface area contributed by atoms with Crippen molar-refractivity contribution >= 4 is 27.6 Å². The Balaban J connectivity index is 1.50. The predicted octanol–water partition coefficient (Wildman–Crippen LogP) is 2.87. The monoisotopic (exact) mass is 418 g/mol. The molecular formula is C19H27BrN6. The molecule has 1 atom stereocenters. The highest BCUT2D eigenvalue weighted by Crippen LogP contribution is 2.28. The van der Waals surface area contributed by atoms with Crippen LogP contribution in [0.1, 0.15) is 19.8 Å². The molecule has 0 aliphatic carbocycles. The lowest BCUT2D eigenvalue weighted by atomic mass is 10.3. The summed E-state index contributed by atoms with van der Waals surface area (Å²) in [7, 11) is 0. The maximum absolute atomic E-state index is 4.72. The highest BCUT2D eigenvalue weighted by molar-refractivity contribution is 9.10. The van der Waals surface area contributed by atoms with Gasteiger partial charge in [0.2, 0.25) is 0 Å². The Morgan fingerprint density at radius 1 is 1.35 bits per heavy atom. The van der Waals surface area contributed by atoms with Gasteiger partial charge in [0.1, 0.15) is 0 Å². The summed E-state index contributed by atoms with van der Waals surface area (Å²) in [6.07, 6.45) is 5.89. The number of aliphatic imine (C=N–C) groups is 1. The predicted molar refractivity (Wildman–Crippen MR) is 111 cm³/mol. The Labute approximate surface area is 163 Å². The molecule has 1 aliphatic heterocycles. The van der Waals surface area contributed by atoms with Gasteiger partial charge in [-0.1, -0.05) is 12.1 Å². The van der Waals surface area contributed by atoms with E-state index in [1.165, 1.54) is 5.69 Å². The number of para-hydroxylation sites is 1. The normalized spacial score (nSPS) is 17.5. The van der Waals surface area contributed by atoms with Crippen molar-refractivity contribution in [3.63, 3.8) is 0 Å². The molecule has 1 unspecified atom stereocenters. The lowest BCUT2D eigenvalue weighted by Gasteiger charge is -2.21. The van der Waals surface area contributed by atoms with Gasteiger partial charge in [-0.3, -0.25) is 9.67 Å². The summed E-state index contributed by atoms with van der Waals surface area (Å²) in [5.74, 6) is 0.909. The van der Waals surface area contributed by atoms with Crippen molar-refractivity contribution in [2.45, 2.75) is 32.4 Å². The molecule has 0 spiro atoms. The minimum Gasteiger partial charge on any atom is -0.368 e. The number of guanidine groups is 1. The average molecular weight is 419 g/mol. The van der Waals surface area contributed by atoms with Gasteiger partial charge in [-0.05, 0) is 53.9 Å². The third kappa shape index (κ3) is 5.24. The third-order valence-corrected chi connectivity index (χ3v) is 5.11. The number of benzene rings is 1. The molecule has 6 nitrogen and oxygen atoms in total. The molecule has 1 saturated heterocycles. The van der Waals surface area contributed by atoms with Gasteiger partial charge in [0.25, 0.3) is 0 Å². The van der Waals surface area contributed by atoms with Crippen LogP contribution in [0.25, 0.3) is 0 Å². The Morgan fingerprint density at radius 3 is 3.00 bits per heavy atom. The van der Waals surface area contributed by atoms with Crippen molar-refractivity contribution in [3.05, 3.63) is 47.2 Å². The number of aromatic nitrogens is 2. The van der Waals surface area contributed by atoms with Gasteiger partial charge < -0.3 is 15.5 Å². The Bertz CT molecular complexity index is 700. The van der Waals surface area contributed by atoms with Gasteiger partial charge in [0, 0.05) is 55.6 Å². The van der Waals surface area contributed by atoms with Crippen LogP contribution in [0.15, 0.2) is 52.2 Å². The summed E-state index contributed by atoms with van der Waals surface area (Å²) >= 11 is 3.66. The van der Waals surface area contributed by atoms with Crippen molar-refractivity contribution in [3.8, 4) is 0 Å². The molecule has 2 heterocycles. The molecule has 0 saturated carbocycles. The summed E-state index contributed by atoms with van der Waals surface area (Å²) in [4.78, 5) is 7.14. The molecule has 1 fully saturated rings. The molecule has 1 aliphatic rings. The fraction of sp³-hybridized carbons (Fsp3) is 0.474. The first-order valence-corrected chi connectivity index (χ1v) is 10.1. The van der Waals surface area contributed by atoms with Gasteiger partial charge in [-0.15, -0.1) is 0 Å². The summed E-state index contributed by atoms with van der Waals surface area (Å²) in [5.41, 5.74) is 1.26. The summed E-state index contributed by atoms with van der Waals surface area (Å²) in [5, 5.41) is 11.2. The first-order chi connectivity index (χ1) is 12.8. The fourth-order valence-corrected chi connectivity index (χ4v) is 3.71. The number of aryl methyl sites for hydroxylation is 1. The lowest BCUT2D eigenvalue weighted by Crippen LogP contribution is -2.44. The largest absolute Gasteiger partial charge is 0.368 e. The van der Waals surface area contributed by atoms with Crippen LogP contribution in [0.5, 0.6) is 0 Å². The molecule has 0 radical (unpaired) electrons. The van der Waals surface area contributed by atoms with Crippen LogP contribution in [-0.2, 0) is 6.54 Å². The van der Waals surface area contributed by atoms with E-state index in [0.29, 0.717) is 6.04 Å². The smallest absolute Gasteiger partial charge is 0.191 e. The SMILES string of the molecule is CCNC(=NCCCn1cccn1)NC1CCN(c2ccccc2Br)C1. The molecule has 0 bridgehead atoms. The van der Waals surface area contributed by atoms with Gasteiger partial charge in [-0.25, -0.2) is 0 Å². The molecule has 26 heavy (non-hydrogen) atoms. The maximum Gasteiger partial charge on any atom is 0.191 e. The molecule has 2 N–H and O–H groups in total. The van der Waals surface area contributed by atoms with Crippen molar-refractivity contribution < 1.29 is 0 Å². The highest BCUT2D eigenvalue weighted by Gasteiger charge is 2.24. The number of rotatable bonds is 7. The zero-order valence-corrected chi connectivity index (χ0v) is 16.8. The van der Waals surface area contributed by atoms with Crippen molar-refractivity contribution in [1.29, 1.82) is 0 Å². The highest BCUT2D eigenvalue weighted by atomic mass is 79.9. The van der Waals surface area contributed by atoms with Crippen LogP contribution in [0.4, 0.5) is 5.69 Å². The van der Waals surface area contributed by atoms with Crippen LogP contribution < -0.4 is 15.5 Å². The Morgan fingerprint density at radius 2 is 2.23 bits per heavy atom. The van der Waals surface area contributed by atoms with Crippen LogP contribution in [0, 0.1) is 0 Å². The molecule has 1 aromatic heterocycles. The van der Waals surface area contributed by atoms with E-state index in [4.69, 9.17) is 4.99 Å². The number of nitrogens with zero attached hydrogens (tertiary/aromatic N) is 4. The number of halogens is 1. The van der Waals surface area contributed by atoms with Gasteiger partial charge in [0.15, 0.2) is 5.96 Å². The Kier molecular flexibility index (Phi) is 6.94. The second-order valence-corrected chi connectivity index (χ2v) is 7.27. The van der Waals surface area contributed by atoms with E-state index in [0.717, 1.165) is 56.0 Å². The zero-order chi connectivity index (χ0) is 18.2. The molecule has 1 aromatic carbocycles. The van der Waals surface area contributed by atoms with Gasteiger partial charge in [-0.2, -0.15) is 5.10 Å². The first kappa shape index (κ1) is 18.8. The lowest BCUT2D eigenvalue weighted by molar-refractivity contribution is 0.581. The minimum absolute atomic E-state index is 0.408. The summed E-state index contributed by atoms with van der Waals surface area (Å²) in [6, 6.07) is 10.8. The fourth-order valence-electron chi connectivity index (χ4n) is 3.17. The number of hydrogen-bond donors (Lipinski definition) is 2. The van der Waals surface area contributed by atoms with Crippen LogP contribution in [0.3, 0.4) is 0 Å². The van der Waals surface area contributed by atoms with Crippen LogP contribution in [-0.4, -0.2) is 48.0 Å².